The van der Waals surface area contributed by atoms with Gasteiger partial charge in [-0.05, 0) is 42.7 Å². The Morgan fingerprint density at radius 2 is 1.39 bits per heavy atom. The third-order valence-electron chi connectivity index (χ3n) is 5.98. The van der Waals surface area contributed by atoms with Gasteiger partial charge in [-0.2, -0.15) is 0 Å². The first kappa shape index (κ1) is 25.2. The summed E-state index contributed by atoms with van der Waals surface area (Å²) in [5, 5.41) is 0. The molecule has 0 aliphatic rings. The zero-order valence-corrected chi connectivity index (χ0v) is 20.0. The zero-order valence-electron chi connectivity index (χ0n) is 19.1. The second kappa shape index (κ2) is 14.2. The molecule has 0 radical (unpaired) electrons. The van der Waals surface area contributed by atoms with Crippen molar-refractivity contribution in [2.45, 2.75) is 92.1 Å². The molecule has 0 spiro atoms. The number of ether oxygens (including phenoxy) is 1. The molecule has 0 N–H and O–H groups in total. The topological polar surface area (TPSA) is 26.3 Å². The van der Waals surface area contributed by atoms with Gasteiger partial charge in [0.05, 0.1) is 18.5 Å². The SMILES string of the molecule is CCCC[P+](CCCC)(CCCC)CC(=O)OCc1ccc(C(C)CC)cc1. The van der Waals surface area contributed by atoms with Crippen LogP contribution in [-0.4, -0.2) is 30.6 Å². The molecule has 3 heteroatoms. The van der Waals surface area contributed by atoms with Gasteiger partial charge in [-0.1, -0.05) is 78.1 Å². The number of carbonyl (C=O) groups excluding carboxylic acids is 1. The van der Waals surface area contributed by atoms with Crippen molar-refractivity contribution in [2.24, 2.45) is 0 Å². The van der Waals surface area contributed by atoms with Gasteiger partial charge in [-0.3, -0.25) is 0 Å². The molecule has 0 saturated carbocycles. The third-order valence-corrected chi connectivity index (χ3v) is 10.7. The minimum Gasteiger partial charge on any atom is -0.458 e. The van der Waals surface area contributed by atoms with E-state index in [-0.39, 0.29) is 5.97 Å². The lowest BCUT2D eigenvalue weighted by Crippen LogP contribution is -2.20. The highest BCUT2D eigenvalue weighted by molar-refractivity contribution is 7.76. The first-order valence-electron chi connectivity index (χ1n) is 11.6. The van der Waals surface area contributed by atoms with Gasteiger partial charge < -0.3 is 4.74 Å². The maximum Gasteiger partial charge on any atom is 0.344 e. The van der Waals surface area contributed by atoms with Crippen molar-refractivity contribution in [1.82, 2.24) is 0 Å². The molecule has 0 saturated heterocycles. The van der Waals surface area contributed by atoms with Crippen LogP contribution >= 0.6 is 7.26 Å². The Labute approximate surface area is 175 Å². The van der Waals surface area contributed by atoms with Gasteiger partial charge >= 0.3 is 5.97 Å². The van der Waals surface area contributed by atoms with E-state index in [2.05, 4.69) is 58.9 Å². The molecule has 0 amide bonds. The van der Waals surface area contributed by atoms with Gasteiger partial charge in [-0.25, -0.2) is 4.79 Å². The molecule has 1 atom stereocenters. The fourth-order valence-electron chi connectivity index (χ4n) is 3.71. The molecule has 1 rings (SSSR count). The highest BCUT2D eigenvalue weighted by Crippen LogP contribution is 2.60. The minimum absolute atomic E-state index is 0.0302. The van der Waals surface area contributed by atoms with Crippen LogP contribution in [0.5, 0.6) is 0 Å². The molecule has 28 heavy (non-hydrogen) atoms. The van der Waals surface area contributed by atoms with Crippen molar-refractivity contribution >= 4 is 13.2 Å². The summed E-state index contributed by atoms with van der Waals surface area (Å²) >= 11 is 0. The fraction of sp³-hybridized carbons (Fsp3) is 0.720. The number of benzene rings is 1. The Morgan fingerprint density at radius 3 is 1.82 bits per heavy atom. The van der Waals surface area contributed by atoms with E-state index in [1.54, 1.807) is 0 Å². The average molecular weight is 408 g/mol. The second-order valence-corrected chi connectivity index (χ2v) is 12.8. The number of carbonyl (C=O) groups is 1. The lowest BCUT2D eigenvalue weighted by molar-refractivity contribution is -0.141. The van der Waals surface area contributed by atoms with E-state index in [1.165, 1.54) is 62.6 Å². The molecule has 0 heterocycles. The van der Waals surface area contributed by atoms with Gasteiger partial charge in [0, 0.05) is 7.26 Å². The molecule has 1 unspecified atom stereocenters. The maximum absolute atomic E-state index is 12.7. The van der Waals surface area contributed by atoms with E-state index in [1.807, 2.05) is 0 Å². The molecule has 0 aliphatic heterocycles. The van der Waals surface area contributed by atoms with Crippen LogP contribution < -0.4 is 0 Å². The summed E-state index contributed by atoms with van der Waals surface area (Å²) in [5.41, 5.74) is 2.46. The maximum atomic E-state index is 12.7. The molecule has 0 fully saturated rings. The largest absolute Gasteiger partial charge is 0.458 e. The molecule has 0 bridgehead atoms. The quantitative estimate of drug-likeness (QED) is 0.220. The van der Waals surface area contributed by atoms with Crippen molar-refractivity contribution in [3.05, 3.63) is 35.4 Å². The van der Waals surface area contributed by atoms with Crippen LogP contribution in [0.15, 0.2) is 24.3 Å². The molecule has 1 aromatic rings. The van der Waals surface area contributed by atoms with E-state index < -0.39 is 7.26 Å². The van der Waals surface area contributed by atoms with Crippen molar-refractivity contribution in [3.8, 4) is 0 Å². The second-order valence-electron chi connectivity index (χ2n) is 8.44. The summed E-state index contributed by atoms with van der Waals surface area (Å²) in [4.78, 5) is 12.7. The Bertz CT molecular complexity index is 516. The van der Waals surface area contributed by atoms with Crippen molar-refractivity contribution < 1.29 is 9.53 Å². The van der Waals surface area contributed by atoms with Crippen molar-refractivity contribution in [3.63, 3.8) is 0 Å². The van der Waals surface area contributed by atoms with Crippen LogP contribution in [0.1, 0.15) is 96.6 Å². The van der Waals surface area contributed by atoms with E-state index in [0.29, 0.717) is 18.7 Å². The summed E-state index contributed by atoms with van der Waals surface area (Å²) in [5.74, 6) is 0.611. The molecule has 2 nitrogen and oxygen atoms in total. The van der Waals surface area contributed by atoms with E-state index >= 15 is 0 Å². The molecular weight excluding hydrogens is 363 g/mol. The predicted molar refractivity (Wildman–Crippen MR) is 126 cm³/mol. The summed E-state index contributed by atoms with van der Waals surface area (Å²) in [6.45, 7) is 11.7. The van der Waals surface area contributed by atoms with Crippen LogP contribution in [0, 0.1) is 0 Å². The Morgan fingerprint density at radius 1 is 0.893 bits per heavy atom. The van der Waals surface area contributed by atoms with Crippen molar-refractivity contribution in [2.75, 3.05) is 24.6 Å². The van der Waals surface area contributed by atoms with Gasteiger partial charge in [0.1, 0.15) is 6.61 Å². The highest BCUT2D eigenvalue weighted by Gasteiger charge is 2.38. The van der Waals surface area contributed by atoms with Crippen LogP contribution in [0.2, 0.25) is 0 Å². The Hall–Kier alpha value is -0.880. The lowest BCUT2D eigenvalue weighted by atomic mass is 9.98. The first-order valence-corrected chi connectivity index (χ1v) is 14.1. The predicted octanol–water partition coefficient (Wildman–Crippen LogP) is 7.66. The number of hydrogen-bond acceptors (Lipinski definition) is 2. The van der Waals surface area contributed by atoms with Crippen LogP contribution in [0.3, 0.4) is 0 Å². The first-order chi connectivity index (χ1) is 13.5. The third kappa shape index (κ3) is 9.08. The fourth-order valence-corrected chi connectivity index (χ4v) is 8.46. The van der Waals surface area contributed by atoms with Crippen LogP contribution in [0.4, 0.5) is 0 Å². The molecule has 0 aromatic heterocycles. The van der Waals surface area contributed by atoms with Crippen molar-refractivity contribution in [1.29, 1.82) is 0 Å². The normalized spacial score (nSPS) is 12.8. The van der Waals surface area contributed by atoms with E-state index in [9.17, 15) is 4.79 Å². The van der Waals surface area contributed by atoms with Gasteiger partial charge in [-0.15, -0.1) is 0 Å². The number of hydrogen-bond donors (Lipinski definition) is 0. The Balaban J connectivity index is 2.69. The molecule has 160 valence electrons. The smallest absolute Gasteiger partial charge is 0.344 e. The number of rotatable bonds is 15. The van der Waals surface area contributed by atoms with Gasteiger partial charge in [0.25, 0.3) is 0 Å². The summed E-state index contributed by atoms with van der Waals surface area (Å²) < 4.78 is 5.74. The Kier molecular flexibility index (Phi) is 12.7. The number of unbranched alkanes of at least 4 members (excludes halogenated alkanes) is 3. The van der Waals surface area contributed by atoms with Gasteiger partial charge in [0.2, 0.25) is 0 Å². The zero-order chi connectivity index (χ0) is 20.8. The molecule has 0 aliphatic carbocycles. The van der Waals surface area contributed by atoms with E-state index in [4.69, 9.17) is 4.74 Å². The summed E-state index contributed by atoms with van der Waals surface area (Å²) in [6, 6.07) is 8.58. The minimum atomic E-state index is -1.22. The monoisotopic (exact) mass is 407 g/mol. The van der Waals surface area contributed by atoms with Crippen LogP contribution in [0.25, 0.3) is 0 Å². The highest BCUT2D eigenvalue weighted by atomic mass is 31.2. The average Bonchev–Trinajstić information content (AvgIpc) is 2.73. The van der Waals surface area contributed by atoms with E-state index in [0.717, 1.165) is 12.0 Å². The van der Waals surface area contributed by atoms with Crippen LogP contribution in [-0.2, 0) is 16.1 Å². The summed E-state index contributed by atoms with van der Waals surface area (Å²) in [7, 11) is -1.22. The lowest BCUT2D eigenvalue weighted by Gasteiger charge is -2.27. The van der Waals surface area contributed by atoms with Gasteiger partial charge in [0.15, 0.2) is 6.16 Å². The molecular formula is C25H44O2P+. The molecule has 1 aromatic carbocycles. The summed E-state index contributed by atoms with van der Waals surface area (Å²) in [6.07, 6.45) is 13.1. The number of esters is 1. The standard InChI is InChI=1S/C25H44O2P/c1-6-10-17-28(18-11-7-2,19-12-8-3)21-25(26)27-20-23-13-15-24(16-14-23)22(5)9-4/h13-16,22H,6-12,17-21H2,1-5H3/q+1.